The zero-order valence-corrected chi connectivity index (χ0v) is 13.0. The average molecular weight is 326 g/mol. The van der Waals surface area contributed by atoms with Crippen LogP contribution < -0.4 is 10.1 Å². The maximum atomic E-state index is 12.9. The van der Waals surface area contributed by atoms with Crippen LogP contribution in [0.3, 0.4) is 0 Å². The lowest BCUT2D eigenvalue weighted by Crippen LogP contribution is -2.30. The molecular weight excluding hydrogens is 311 g/mol. The summed E-state index contributed by atoms with van der Waals surface area (Å²) in [5.41, 5.74) is 1.64. The summed E-state index contributed by atoms with van der Waals surface area (Å²) in [6, 6.07) is 12.3. The first-order valence-electron chi connectivity index (χ1n) is 7.30. The van der Waals surface area contributed by atoms with E-state index in [9.17, 15) is 14.0 Å². The zero-order valence-electron chi connectivity index (χ0n) is 13.0. The molecule has 122 valence electrons. The van der Waals surface area contributed by atoms with E-state index < -0.39 is 11.9 Å². The van der Waals surface area contributed by atoms with Crippen LogP contribution >= 0.6 is 0 Å². The van der Waals surface area contributed by atoms with Gasteiger partial charge in [0.05, 0.1) is 13.7 Å². The second kappa shape index (κ2) is 6.54. The lowest BCUT2D eigenvalue weighted by Gasteiger charge is -2.11. The summed E-state index contributed by atoms with van der Waals surface area (Å²) in [7, 11) is 1.57. The number of halogens is 1. The maximum absolute atomic E-state index is 12.9. The first-order valence-corrected chi connectivity index (χ1v) is 7.30. The van der Waals surface area contributed by atoms with E-state index in [1.807, 2.05) is 0 Å². The first-order chi connectivity index (χ1) is 11.6. The number of nitrogens with zero attached hydrogens (tertiary/aromatic N) is 1. The molecule has 3 rings (SSSR count). The molecule has 2 aromatic rings. The molecule has 24 heavy (non-hydrogen) atoms. The highest BCUT2D eigenvalue weighted by atomic mass is 19.1. The standard InChI is InChI=1S/C18H15FN2O3/c1-24-15-8-4-12(5-9-15)10-16-17(22)21(18(23)20-16)11-13-2-6-14(19)7-3-13/h2-10H,11H2,1H3,(H,20,23)/b16-10+. The number of carbonyl (C=O) groups excluding carboxylic acids is 2. The Morgan fingerprint density at radius 3 is 2.38 bits per heavy atom. The zero-order chi connectivity index (χ0) is 17.1. The second-order valence-corrected chi connectivity index (χ2v) is 5.28. The summed E-state index contributed by atoms with van der Waals surface area (Å²) in [4.78, 5) is 25.5. The predicted octanol–water partition coefficient (Wildman–Crippen LogP) is 2.93. The summed E-state index contributed by atoms with van der Waals surface area (Å²) in [5, 5.41) is 2.56. The molecule has 0 radical (unpaired) electrons. The van der Waals surface area contributed by atoms with Crippen LogP contribution in [0.5, 0.6) is 5.75 Å². The number of benzene rings is 2. The van der Waals surface area contributed by atoms with Gasteiger partial charge in [0.1, 0.15) is 17.3 Å². The van der Waals surface area contributed by atoms with Gasteiger partial charge in [0.25, 0.3) is 5.91 Å². The number of nitrogens with one attached hydrogen (secondary N) is 1. The summed E-state index contributed by atoms with van der Waals surface area (Å²) < 4.78 is 18.0. The molecule has 0 unspecified atom stereocenters. The molecule has 1 aliphatic rings. The topological polar surface area (TPSA) is 58.6 Å². The second-order valence-electron chi connectivity index (χ2n) is 5.28. The molecule has 6 heteroatoms. The summed E-state index contributed by atoms with van der Waals surface area (Å²) in [5.74, 6) is -0.0759. The molecule has 0 atom stereocenters. The van der Waals surface area contributed by atoms with Crippen molar-refractivity contribution < 1.29 is 18.7 Å². The van der Waals surface area contributed by atoms with Crippen molar-refractivity contribution >= 4 is 18.0 Å². The Bertz CT molecular complexity index is 798. The van der Waals surface area contributed by atoms with Gasteiger partial charge in [-0.2, -0.15) is 0 Å². The van der Waals surface area contributed by atoms with E-state index in [2.05, 4.69) is 5.32 Å². The van der Waals surface area contributed by atoms with Crippen molar-refractivity contribution in [2.75, 3.05) is 7.11 Å². The van der Waals surface area contributed by atoms with E-state index in [0.29, 0.717) is 11.3 Å². The predicted molar refractivity (Wildman–Crippen MR) is 86.5 cm³/mol. The molecule has 0 spiro atoms. The Balaban J connectivity index is 1.77. The minimum Gasteiger partial charge on any atom is -0.497 e. The third kappa shape index (κ3) is 3.27. The number of methoxy groups -OCH3 is 1. The lowest BCUT2D eigenvalue weighted by atomic mass is 10.1. The molecule has 5 nitrogen and oxygen atoms in total. The van der Waals surface area contributed by atoms with Crippen molar-refractivity contribution in [3.8, 4) is 5.75 Å². The Hall–Kier alpha value is -3.15. The molecular formula is C18H15FN2O3. The summed E-state index contributed by atoms with van der Waals surface area (Å²) >= 11 is 0. The van der Waals surface area contributed by atoms with Crippen LogP contribution in [0.4, 0.5) is 9.18 Å². The van der Waals surface area contributed by atoms with Crippen molar-refractivity contribution in [3.63, 3.8) is 0 Å². The molecule has 0 saturated carbocycles. The van der Waals surface area contributed by atoms with Crippen LogP contribution in [-0.2, 0) is 11.3 Å². The van der Waals surface area contributed by atoms with Gasteiger partial charge in [0.15, 0.2) is 0 Å². The first kappa shape index (κ1) is 15.7. The van der Waals surface area contributed by atoms with Crippen LogP contribution in [-0.4, -0.2) is 23.9 Å². The van der Waals surface area contributed by atoms with Crippen molar-refractivity contribution in [2.45, 2.75) is 6.54 Å². The normalized spacial score (nSPS) is 15.8. The third-order valence-electron chi connectivity index (χ3n) is 3.64. The lowest BCUT2D eigenvalue weighted by molar-refractivity contribution is -0.123. The number of hydrogen-bond donors (Lipinski definition) is 1. The number of hydrogen-bond acceptors (Lipinski definition) is 3. The number of amides is 3. The number of imide groups is 1. The Morgan fingerprint density at radius 2 is 1.75 bits per heavy atom. The van der Waals surface area contributed by atoms with Crippen molar-refractivity contribution in [1.29, 1.82) is 0 Å². The monoisotopic (exact) mass is 326 g/mol. The van der Waals surface area contributed by atoms with Crippen LogP contribution in [0.2, 0.25) is 0 Å². The van der Waals surface area contributed by atoms with E-state index in [1.165, 1.54) is 12.1 Å². The van der Waals surface area contributed by atoms with Crippen LogP contribution in [0.15, 0.2) is 54.2 Å². The largest absolute Gasteiger partial charge is 0.497 e. The molecule has 0 bridgehead atoms. The molecule has 0 aliphatic carbocycles. The number of rotatable bonds is 4. The highest BCUT2D eigenvalue weighted by Gasteiger charge is 2.33. The SMILES string of the molecule is COc1ccc(/C=C2/NC(=O)N(Cc3ccc(F)cc3)C2=O)cc1. The average Bonchev–Trinajstić information content (AvgIpc) is 2.85. The van der Waals surface area contributed by atoms with Crippen LogP contribution in [0.25, 0.3) is 6.08 Å². The van der Waals surface area contributed by atoms with Crippen molar-refractivity contribution in [1.82, 2.24) is 10.2 Å². The number of ether oxygens (including phenoxy) is 1. The third-order valence-corrected chi connectivity index (χ3v) is 3.64. The smallest absolute Gasteiger partial charge is 0.329 e. The van der Waals surface area contributed by atoms with E-state index in [1.54, 1.807) is 49.6 Å². The quantitative estimate of drug-likeness (QED) is 0.694. The van der Waals surface area contributed by atoms with Gasteiger partial charge in [-0.25, -0.2) is 9.18 Å². The number of carbonyl (C=O) groups is 2. The fourth-order valence-corrected chi connectivity index (χ4v) is 2.35. The molecule has 0 aromatic heterocycles. The van der Waals surface area contributed by atoms with Gasteiger partial charge in [-0.1, -0.05) is 24.3 Å². The van der Waals surface area contributed by atoms with Gasteiger partial charge >= 0.3 is 6.03 Å². The van der Waals surface area contributed by atoms with Gasteiger partial charge in [-0.3, -0.25) is 9.69 Å². The Kier molecular flexibility index (Phi) is 4.29. The van der Waals surface area contributed by atoms with Gasteiger partial charge < -0.3 is 10.1 Å². The molecule has 1 aliphatic heterocycles. The molecule has 1 N–H and O–H groups in total. The molecule has 1 fully saturated rings. The van der Waals surface area contributed by atoms with Gasteiger partial charge in [-0.05, 0) is 41.5 Å². The number of urea groups is 1. The minimum absolute atomic E-state index is 0.0882. The Labute approximate surface area is 138 Å². The van der Waals surface area contributed by atoms with Gasteiger partial charge in [0.2, 0.25) is 0 Å². The van der Waals surface area contributed by atoms with Crippen LogP contribution in [0.1, 0.15) is 11.1 Å². The summed E-state index contributed by atoms with van der Waals surface area (Å²) in [6.07, 6.45) is 1.60. The summed E-state index contributed by atoms with van der Waals surface area (Å²) in [6.45, 7) is 0.0882. The van der Waals surface area contributed by atoms with Crippen molar-refractivity contribution in [3.05, 3.63) is 71.2 Å². The van der Waals surface area contributed by atoms with Gasteiger partial charge in [0, 0.05) is 0 Å². The van der Waals surface area contributed by atoms with E-state index in [0.717, 1.165) is 10.5 Å². The maximum Gasteiger partial charge on any atom is 0.329 e. The fourth-order valence-electron chi connectivity index (χ4n) is 2.35. The molecule has 3 amide bonds. The molecule has 1 saturated heterocycles. The van der Waals surface area contributed by atoms with E-state index in [4.69, 9.17) is 4.74 Å². The highest BCUT2D eigenvalue weighted by molar-refractivity contribution is 6.13. The van der Waals surface area contributed by atoms with Gasteiger partial charge in [-0.15, -0.1) is 0 Å². The van der Waals surface area contributed by atoms with Crippen LogP contribution in [0, 0.1) is 5.82 Å². The Morgan fingerprint density at radius 1 is 1.08 bits per heavy atom. The van der Waals surface area contributed by atoms with Crippen molar-refractivity contribution in [2.24, 2.45) is 0 Å². The fraction of sp³-hybridized carbons (Fsp3) is 0.111. The molecule has 2 aromatic carbocycles. The highest BCUT2D eigenvalue weighted by Crippen LogP contribution is 2.18. The van der Waals surface area contributed by atoms with E-state index >= 15 is 0 Å². The van der Waals surface area contributed by atoms with E-state index in [-0.39, 0.29) is 18.1 Å². The minimum atomic E-state index is -0.496. The molecule has 1 heterocycles.